The molecule has 4 heteroatoms. The number of aliphatic imine (C=N–C) groups is 2. The van der Waals surface area contributed by atoms with Crippen molar-refractivity contribution in [1.82, 2.24) is 0 Å². The van der Waals surface area contributed by atoms with Crippen LogP contribution in [0.5, 0.6) is 11.5 Å². The van der Waals surface area contributed by atoms with Gasteiger partial charge >= 0.3 is 0 Å². The van der Waals surface area contributed by atoms with E-state index in [1.54, 1.807) is 24.6 Å². The van der Waals surface area contributed by atoms with Crippen molar-refractivity contribution >= 4 is 12.4 Å². The molecule has 2 unspecified atom stereocenters. The standard InChI is InChI=1S/C32H30N2O2/c35-31-16-14-25(23-8-3-1-4-9-23)18-27(31)21-33-29-12-7-13-30(20-29)34-22-28-19-26(15-17-32(28)36)24-10-5-2-6-11-24/h1-6,8-11,14-19,21-22,29-30,35-36H,7,12-13,20H2. The Balaban J connectivity index is 1.27. The van der Waals surface area contributed by atoms with Gasteiger partial charge in [-0.1, -0.05) is 72.8 Å². The lowest BCUT2D eigenvalue weighted by atomic mass is 9.91. The zero-order valence-electron chi connectivity index (χ0n) is 20.2. The molecule has 1 saturated carbocycles. The van der Waals surface area contributed by atoms with Crippen LogP contribution in [-0.2, 0) is 0 Å². The maximum Gasteiger partial charge on any atom is 0.124 e. The van der Waals surface area contributed by atoms with E-state index in [1.165, 1.54) is 0 Å². The van der Waals surface area contributed by atoms with E-state index in [0.29, 0.717) is 0 Å². The largest absolute Gasteiger partial charge is 0.507 e. The van der Waals surface area contributed by atoms with Crippen LogP contribution in [0, 0.1) is 0 Å². The normalized spacial score (nSPS) is 18.1. The third-order valence-electron chi connectivity index (χ3n) is 6.74. The van der Waals surface area contributed by atoms with E-state index >= 15 is 0 Å². The summed E-state index contributed by atoms with van der Waals surface area (Å²) in [6.45, 7) is 0. The molecular weight excluding hydrogens is 444 g/mol. The average Bonchev–Trinajstić information content (AvgIpc) is 2.93. The highest BCUT2D eigenvalue weighted by atomic mass is 16.3. The lowest BCUT2D eigenvalue weighted by Crippen LogP contribution is -2.21. The predicted octanol–water partition coefficient (Wildman–Crippen LogP) is 7.28. The molecule has 0 spiro atoms. The second kappa shape index (κ2) is 11.0. The smallest absolute Gasteiger partial charge is 0.124 e. The van der Waals surface area contributed by atoms with Crippen LogP contribution in [0.25, 0.3) is 22.3 Å². The molecule has 1 aliphatic carbocycles. The van der Waals surface area contributed by atoms with Gasteiger partial charge in [-0.3, -0.25) is 9.98 Å². The van der Waals surface area contributed by atoms with Gasteiger partial charge in [-0.15, -0.1) is 0 Å². The highest BCUT2D eigenvalue weighted by molar-refractivity contribution is 5.87. The first-order chi connectivity index (χ1) is 17.7. The lowest BCUT2D eigenvalue weighted by molar-refractivity contribution is 0.397. The molecule has 2 atom stereocenters. The molecule has 0 aromatic heterocycles. The lowest BCUT2D eigenvalue weighted by Gasteiger charge is -2.24. The summed E-state index contributed by atoms with van der Waals surface area (Å²) in [7, 11) is 0. The van der Waals surface area contributed by atoms with Gasteiger partial charge in [0, 0.05) is 23.6 Å². The van der Waals surface area contributed by atoms with Gasteiger partial charge in [-0.25, -0.2) is 0 Å². The first kappa shape index (κ1) is 23.6. The van der Waals surface area contributed by atoms with Crippen LogP contribution in [-0.4, -0.2) is 34.7 Å². The van der Waals surface area contributed by atoms with E-state index in [9.17, 15) is 10.2 Å². The molecular formula is C32H30N2O2. The Hall–Kier alpha value is -4.18. The van der Waals surface area contributed by atoms with Crippen LogP contribution in [0.1, 0.15) is 36.8 Å². The Labute approximate surface area is 212 Å². The molecule has 0 saturated heterocycles. The van der Waals surface area contributed by atoms with Crippen LogP contribution in [0.15, 0.2) is 107 Å². The maximum absolute atomic E-state index is 10.4. The Morgan fingerprint density at radius 1 is 0.556 bits per heavy atom. The Morgan fingerprint density at radius 3 is 1.44 bits per heavy atom. The Morgan fingerprint density at radius 2 is 1.00 bits per heavy atom. The Bertz CT molecular complexity index is 1260. The van der Waals surface area contributed by atoms with E-state index < -0.39 is 0 Å². The SMILES string of the molecule is Oc1ccc(-c2ccccc2)cc1C=NC1CCCC(N=Cc2cc(-c3ccccc3)ccc2O)C1. The number of rotatable bonds is 6. The van der Waals surface area contributed by atoms with Gasteiger partial charge in [0.1, 0.15) is 11.5 Å². The number of hydrogen-bond donors (Lipinski definition) is 2. The van der Waals surface area contributed by atoms with Gasteiger partial charge in [-0.05, 0) is 72.2 Å². The van der Waals surface area contributed by atoms with Crippen molar-refractivity contribution in [2.75, 3.05) is 0 Å². The minimum absolute atomic E-state index is 0.157. The fourth-order valence-electron chi connectivity index (χ4n) is 4.72. The van der Waals surface area contributed by atoms with Gasteiger partial charge in [0.2, 0.25) is 0 Å². The highest BCUT2D eigenvalue weighted by Gasteiger charge is 2.20. The molecule has 1 aliphatic rings. The van der Waals surface area contributed by atoms with Crippen molar-refractivity contribution in [3.05, 3.63) is 108 Å². The molecule has 5 rings (SSSR count). The molecule has 0 bridgehead atoms. The van der Waals surface area contributed by atoms with Crippen molar-refractivity contribution in [1.29, 1.82) is 0 Å². The predicted molar refractivity (Wildman–Crippen MR) is 148 cm³/mol. The van der Waals surface area contributed by atoms with Crippen LogP contribution in [0.4, 0.5) is 0 Å². The van der Waals surface area contributed by atoms with E-state index in [-0.39, 0.29) is 23.6 Å². The first-order valence-electron chi connectivity index (χ1n) is 12.5. The quantitative estimate of drug-likeness (QED) is 0.288. The molecule has 4 nitrogen and oxygen atoms in total. The molecule has 0 aliphatic heterocycles. The minimum atomic E-state index is 0.157. The summed E-state index contributed by atoms with van der Waals surface area (Å²) in [6, 6.07) is 31.9. The van der Waals surface area contributed by atoms with Gasteiger partial charge in [-0.2, -0.15) is 0 Å². The zero-order valence-corrected chi connectivity index (χ0v) is 20.2. The third kappa shape index (κ3) is 5.72. The van der Waals surface area contributed by atoms with Gasteiger partial charge in [0.15, 0.2) is 0 Å². The fourth-order valence-corrected chi connectivity index (χ4v) is 4.72. The van der Waals surface area contributed by atoms with E-state index in [0.717, 1.165) is 59.1 Å². The van der Waals surface area contributed by atoms with E-state index in [2.05, 4.69) is 24.3 Å². The second-order valence-electron chi connectivity index (χ2n) is 9.31. The minimum Gasteiger partial charge on any atom is -0.507 e. The van der Waals surface area contributed by atoms with Crippen LogP contribution in [0.3, 0.4) is 0 Å². The molecule has 180 valence electrons. The number of benzene rings is 4. The molecule has 36 heavy (non-hydrogen) atoms. The van der Waals surface area contributed by atoms with Crippen molar-refractivity contribution < 1.29 is 10.2 Å². The van der Waals surface area contributed by atoms with Gasteiger partial charge in [0.25, 0.3) is 0 Å². The molecule has 4 aromatic carbocycles. The van der Waals surface area contributed by atoms with E-state index in [4.69, 9.17) is 9.98 Å². The summed E-state index contributed by atoms with van der Waals surface area (Å²) in [6.07, 6.45) is 7.52. The van der Waals surface area contributed by atoms with Crippen LogP contribution < -0.4 is 0 Å². The van der Waals surface area contributed by atoms with Crippen LogP contribution >= 0.6 is 0 Å². The zero-order chi connectivity index (χ0) is 24.7. The van der Waals surface area contributed by atoms with Crippen molar-refractivity contribution in [2.24, 2.45) is 9.98 Å². The van der Waals surface area contributed by atoms with Crippen molar-refractivity contribution in [3.63, 3.8) is 0 Å². The molecule has 4 aromatic rings. The molecule has 2 N–H and O–H groups in total. The first-order valence-corrected chi connectivity index (χ1v) is 12.5. The highest BCUT2D eigenvalue weighted by Crippen LogP contribution is 2.28. The summed E-state index contributed by atoms with van der Waals surface area (Å²) in [4.78, 5) is 9.63. The van der Waals surface area contributed by atoms with Gasteiger partial charge in [0.05, 0.1) is 12.1 Å². The average molecular weight is 475 g/mol. The summed E-state index contributed by atoms with van der Waals surface area (Å²) in [5, 5.41) is 20.7. The monoisotopic (exact) mass is 474 g/mol. The van der Waals surface area contributed by atoms with E-state index in [1.807, 2.05) is 60.7 Å². The number of phenolic OH excluding ortho intramolecular Hbond substituents is 2. The fraction of sp³-hybridized carbons (Fsp3) is 0.188. The third-order valence-corrected chi connectivity index (χ3v) is 6.74. The topological polar surface area (TPSA) is 65.2 Å². The van der Waals surface area contributed by atoms with Crippen molar-refractivity contribution in [2.45, 2.75) is 37.8 Å². The number of nitrogens with zero attached hydrogens (tertiary/aromatic N) is 2. The summed E-state index contributed by atoms with van der Waals surface area (Å²) < 4.78 is 0. The number of aromatic hydroxyl groups is 2. The second-order valence-corrected chi connectivity index (χ2v) is 9.31. The summed E-state index contributed by atoms with van der Waals surface area (Å²) in [5.41, 5.74) is 5.78. The van der Waals surface area contributed by atoms with Crippen LogP contribution in [0.2, 0.25) is 0 Å². The molecule has 0 radical (unpaired) electrons. The summed E-state index contributed by atoms with van der Waals surface area (Å²) in [5.74, 6) is 0.468. The van der Waals surface area contributed by atoms with Gasteiger partial charge < -0.3 is 10.2 Å². The summed E-state index contributed by atoms with van der Waals surface area (Å²) >= 11 is 0. The number of phenols is 2. The molecule has 1 fully saturated rings. The Kier molecular flexibility index (Phi) is 7.23. The maximum atomic E-state index is 10.4. The molecule has 0 amide bonds. The molecule has 0 heterocycles. The number of hydrogen-bond acceptors (Lipinski definition) is 4. The van der Waals surface area contributed by atoms with Crippen molar-refractivity contribution in [3.8, 4) is 33.8 Å².